The van der Waals surface area contributed by atoms with Crippen LogP contribution in [-0.4, -0.2) is 24.0 Å². The van der Waals surface area contributed by atoms with E-state index in [-0.39, 0.29) is 23.9 Å². The lowest BCUT2D eigenvalue weighted by Crippen LogP contribution is -2.42. The second-order valence-corrected chi connectivity index (χ2v) is 7.85. The van der Waals surface area contributed by atoms with E-state index in [1.165, 1.54) is 6.26 Å². The summed E-state index contributed by atoms with van der Waals surface area (Å²) in [5.41, 5.74) is 1.60. The number of esters is 1. The maximum Gasteiger partial charge on any atom is 0.338 e. The van der Waals surface area contributed by atoms with Crippen molar-refractivity contribution in [1.29, 1.82) is 0 Å². The van der Waals surface area contributed by atoms with Crippen molar-refractivity contribution in [2.45, 2.75) is 31.5 Å². The first-order valence-electron chi connectivity index (χ1n) is 9.14. The van der Waals surface area contributed by atoms with Crippen molar-refractivity contribution >= 4 is 40.5 Å². The van der Waals surface area contributed by atoms with Crippen LogP contribution in [-0.2, 0) is 14.3 Å². The molecule has 2 aromatic rings. The summed E-state index contributed by atoms with van der Waals surface area (Å²) in [5, 5.41) is 1.00. The van der Waals surface area contributed by atoms with E-state index >= 15 is 0 Å². The highest BCUT2D eigenvalue weighted by Crippen LogP contribution is 2.38. The third-order valence-corrected chi connectivity index (χ3v) is 5.77. The predicted molar refractivity (Wildman–Crippen MR) is 107 cm³/mol. The average Bonchev–Trinajstić information content (AvgIpc) is 2.69. The number of allylic oxidation sites excluding steroid dienone is 1. The number of hydrogen-bond donors (Lipinski definition) is 0. The number of ketones is 1. The minimum atomic E-state index is -0.416. The first-order valence-corrected chi connectivity index (χ1v) is 9.90. The fourth-order valence-electron chi connectivity index (χ4n) is 3.77. The Morgan fingerprint density at radius 3 is 2.68 bits per heavy atom. The molecule has 1 fully saturated rings. The first-order chi connectivity index (χ1) is 13.5. The molecule has 3 unspecified atom stereocenters. The summed E-state index contributed by atoms with van der Waals surface area (Å²) in [5.74, 6) is -0.637. The van der Waals surface area contributed by atoms with Gasteiger partial charge in [-0.25, -0.2) is 4.79 Å². The van der Waals surface area contributed by atoms with E-state index < -0.39 is 5.97 Å². The van der Waals surface area contributed by atoms with Gasteiger partial charge in [0.25, 0.3) is 0 Å². The van der Waals surface area contributed by atoms with E-state index in [1.54, 1.807) is 30.3 Å². The second-order valence-electron chi connectivity index (χ2n) is 7.01. The SMILES string of the molecule is O=C(OC1CCC2C(=O)C(c3ccccc3Cl)=COC2C1)c1cccc(Cl)c1. The van der Waals surface area contributed by atoms with Gasteiger partial charge in [-0.1, -0.05) is 47.5 Å². The number of carbonyl (C=O) groups is 2. The van der Waals surface area contributed by atoms with Crippen molar-refractivity contribution in [3.8, 4) is 0 Å². The Bertz CT molecular complexity index is 953. The summed E-state index contributed by atoms with van der Waals surface area (Å²) in [6, 6.07) is 13.9. The highest BCUT2D eigenvalue weighted by molar-refractivity contribution is 6.35. The van der Waals surface area contributed by atoms with Crippen molar-refractivity contribution in [3.63, 3.8) is 0 Å². The molecule has 1 aliphatic carbocycles. The Morgan fingerprint density at radius 2 is 1.89 bits per heavy atom. The summed E-state index contributed by atoms with van der Waals surface area (Å²) in [7, 11) is 0. The fourth-order valence-corrected chi connectivity index (χ4v) is 4.20. The van der Waals surface area contributed by atoms with Crippen LogP contribution in [0.4, 0.5) is 0 Å². The van der Waals surface area contributed by atoms with Crippen LogP contribution in [0.2, 0.25) is 10.0 Å². The van der Waals surface area contributed by atoms with Crippen LogP contribution in [0.3, 0.4) is 0 Å². The van der Waals surface area contributed by atoms with Crippen molar-refractivity contribution in [3.05, 3.63) is 76.0 Å². The van der Waals surface area contributed by atoms with Gasteiger partial charge in [-0.15, -0.1) is 0 Å². The molecule has 4 rings (SSSR count). The maximum atomic E-state index is 13.0. The van der Waals surface area contributed by atoms with E-state index in [2.05, 4.69) is 0 Å². The number of benzene rings is 2. The van der Waals surface area contributed by atoms with Gasteiger partial charge in [0.2, 0.25) is 0 Å². The van der Waals surface area contributed by atoms with Crippen molar-refractivity contribution in [2.75, 3.05) is 0 Å². The number of halogens is 2. The topological polar surface area (TPSA) is 52.6 Å². The number of fused-ring (bicyclic) bond motifs is 1. The Kier molecular flexibility index (Phi) is 5.42. The summed E-state index contributed by atoms with van der Waals surface area (Å²) >= 11 is 12.2. The molecule has 6 heteroatoms. The molecular weight excluding hydrogens is 399 g/mol. The van der Waals surface area contributed by atoms with Crippen molar-refractivity contribution < 1.29 is 19.1 Å². The van der Waals surface area contributed by atoms with Gasteiger partial charge in [0.15, 0.2) is 5.78 Å². The molecule has 0 aromatic heterocycles. The number of ether oxygens (including phenoxy) is 2. The summed E-state index contributed by atoms with van der Waals surface area (Å²) in [4.78, 5) is 25.3. The molecule has 144 valence electrons. The lowest BCUT2D eigenvalue weighted by Gasteiger charge is -2.37. The van der Waals surface area contributed by atoms with Crippen LogP contribution in [0.25, 0.3) is 5.57 Å². The molecule has 4 nitrogen and oxygen atoms in total. The third-order valence-electron chi connectivity index (χ3n) is 5.20. The van der Waals surface area contributed by atoms with Gasteiger partial charge in [0.05, 0.1) is 23.3 Å². The quantitative estimate of drug-likeness (QED) is 0.634. The van der Waals surface area contributed by atoms with Crippen LogP contribution in [0, 0.1) is 5.92 Å². The zero-order valence-corrected chi connectivity index (χ0v) is 16.5. The normalized spacial score (nSPS) is 24.0. The van der Waals surface area contributed by atoms with Gasteiger partial charge < -0.3 is 9.47 Å². The van der Waals surface area contributed by atoms with Crippen molar-refractivity contribution in [1.82, 2.24) is 0 Å². The lowest BCUT2D eigenvalue weighted by molar-refractivity contribution is -0.126. The molecule has 0 amide bonds. The predicted octanol–water partition coefficient (Wildman–Crippen LogP) is 5.33. The van der Waals surface area contributed by atoms with E-state index in [9.17, 15) is 9.59 Å². The summed E-state index contributed by atoms with van der Waals surface area (Å²) in [6.07, 6.45) is 2.58. The van der Waals surface area contributed by atoms with Crippen LogP contribution in [0.1, 0.15) is 35.2 Å². The number of rotatable bonds is 3. The Morgan fingerprint density at radius 1 is 1.07 bits per heavy atom. The van der Waals surface area contributed by atoms with Crippen LogP contribution >= 0.6 is 23.2 Å². The van der Waals surface area contributed by atoms with Gasteiger partial charge in [-0.05, 0) is 37.1 Å². The largest absolute Gasteiger partial charge is 0.496 e. The molecule has 2 aromatic carbocycles. The number of Topliss-reactive ketones (excluding diaryl/α,β-unsaturated/α-hetero) is 1. The first kappa shape index (κ1) is 19.0. The minimum absolute atomic E-state index is 0.0315. The molecule has 1 aliphatic heterocycles. The maximum absolute atomic E-state index is 13.0. The highest BCUT2D eigenvalue weighted by atomic mass is 35.5. The number of hydrogen-bond acceptors (Lipinski definition) is 4. The molecule has 0 radical (unpaired) electrons. The summed E-state index contributed by atoms with van der Waals surface area (Å²) < 4.78 is 11.5. The average molecular weight is 417 g/mol. The van der Waals surface area contributed by atoms with E-state index in [0.717, 1.165) is 0 Å². The highest BCUT2D eigenvalue weighted by Gasteiger charge is 2.41. The van der Waals surface area contributed by atoms with Crippen LogP contribution in [0.5, 0.6) is 0 Å². The molecule has 1 heterocycles. The molecule has 0 spiro atoms. The smallest absolute Gasteiger partial charge is 0.338 e. The summed E-state index contributed by atoms with van der Waals surface area (Å²) in [6.45, 7) is 0. The molecule has 1 saturated carbocycles. The van der Waals surface area contributed by atoms with E-state index in [4.69, 9.17) is 32.7 Å². The van der Waals surface area contributed by atoms with Gasteiger partial charge in [0.1, 0.15) is 12.2 Å². The molecular formula is C22H18Cl2O4. The van der Waals surface area contributed by atoms with Crippen LogP contribution in [0.15, 0.2) is 54.8 Å². The molecule has 28 heavy (non-hydrogen) atoms. The fraction of sp³-hybridized carbons (Fsp3) is 0.273. The van der Waals surface area contributed by atoms with Crippen molar-refractivity contribution in [2.24, 2.45) is 5.92 Å². The molecule has 3 atom stereocenters. The van der Waals surface area contributed by atoms with Gasteiger partial charge in [-0.2, -0.15) is 0 Å². The molecule has 0 saturated heterocycles. The molecule has 0 N–H and O–H groups in total. The Hall–Kier alpha value is -2.30. The van der Waals surface area contributed by atoms with Gasteiger partial charge in [-0.3, -0.25) is 4.79 Å². The van der Waals surface area contributed by atoms with E-state index in [1.807, 2.05) is 18.2 Å². The van der Waals surface area contributed by atoms with Gasteiger partial charge in [0, 0.05) is 22.0 Å². The zero-order chi connectivity index (χ0) is 19.7. The lowest BCUT2D eigenvalue weighted by atomic mass is 9.78. The Balaban J connectivity index is 1.45. The Labute approximate surface area is 173 Å². The molecule has 0 bridgehead atoms. The van der Waals surface area contributed by atoms with E-state index in [0.29, 0.717) is 46.0 Å². The van der Waals surface area contributed by atoms with Crippen LogP contribution < -0.4 is 0 Å². The number of carbonyl (C=O) groups excluding carboxylic acids is 2. The monoisotopic (exact) mass is 416 g/mol. The standard InChI is InChI=1S/C22H18Cl2O4/c23-14-5-3-4-13(10-14)22(26)28-15-8-9-17-20(11-15)27-12-18(21(17)25)16-6-1-2-7-19(16)24/h1-7,10,12,15,17,20H,8-9,11H2. The minimum Gasteiger partial charge on any atom is -0.496 e. The molecule has 2 aliphatic rings. The zero-order valence-electron chi connectivity index (χ0n) is 14.9. The third kappa shape index (κ3) is 3.80. The second kappa shape index (κ2) is 7.98. The van der Waals surface area contributed by atoms with Gasteiger partial charge >= 0.3 is 5.97 Å².